The smallest absolute Gasteiger partial charge is 0.00901 e. The first-order valence-corrected chi connectivity index (χ1v) is 5.30. The van der Waals surface area contributed by atoms with Gasteiger partial charge in [0.2, 0.25) is 0 Å². The van der Waals surface area contributed by atoms with Crippen LogP contribution in [-0.2, 0) is 0 Å². The van der Waals surface area contributed by atoms with E-state index in [-0.39, 0.29) is 0 Å². The topological polar surface area (TPSA) is 26.0 Å². The van der Waals surface area contributed by atoms with E-state index in [0.717, 1.165) is 0 Å². The van der Waals surface area contributed by atoms with Crippen molar-refractivity contribution >= 4 is 0 Å². The van der Waals surface area contributed by atoms with E-state index in [1.54, 1.807) is 0 Å². The fourth-order valence-electron chi connectivity index (χ4n) is 1.27. The van der Waals surface area contributed by atoms with Crippen molar-refractivity contribution < 1.29 is 0 Å². The molecule has 0 bridgehead atoms. The summed E-state index contributed by atoms with van der Waals surface area (Å²) >= 11 is 0. The average Bonchev–Trinajstić information content (AvgIpc) is 2.05. The number of nitrogens with two attached hydrogens (primary N) is 1. The summed E-state index contributed by atoms with van der Waals surface area (Å²) in [5.74, 6) is 0. The van der Waals surface area contributed by atoms with E-state index < -0.39 is 0 Å². The Hall–Kier alpha value is -0.0400. The average molecular weight is 171 g/mol. The fourth-order valence-corrected chi connectivity index (χ4v) is 1.27. The Morgan fingerprint density at radius 3 is 2.17 bits per heavy atom. The summed E-state index contributed by atoms with van der Waals surface area (Å²) in [5.41, 5.74) is 6.43. The Bertz CT molecular complexity index is 108. The van der Waals surface area contributed by atoms with Crippen molar-refractivity contribution in [1.29, 1.82) is 0 Å². The lowest BCUT2D eigenvalue weighted by Gasteiger charge is -2.30. The van der Waals surface area contributed by atoms with Crippen molar-refractivity contribution in [2.24, 2.45) is 11.1 Å². The largest absolute Gasteiger partial charge is 0.327 e. The highest BCUT2D eigenvalue weighted by Crippen LogP contribution is 2.26. The highest BCUT2D eigenvalue weighted by molar-refractivity contribution is 4.79. The molecule has 0 aliphatic heterocycles. The van der Waals surface area contributed by atoms with Gasteiger partial charge in [-0.1, -0.05) is 47.0 Å². The van der Waals surface area contributed by atoms with Crippen molar-refractivity contribution in [3.8, 4) is 0 Å². The molecule has 1 heteroatoms. The molecular formula is C11H25N. The second-order valence-electron chi connectivity index (χ2n) is 4.44. The van der Waals surface area contributed by atoms with Crippen molar-refractivity contribution in [2.45, 2.75) is 65.8 Å². The van der Waals surface area contributed by atoms with Crippen LogP contribution in [0.1, 0.15) is 59.8 Å². The Morgan fingerprint density at radius 1 is 1.17 bits per heavy atom. The molecule has 0 aliphatic carbocycles. The summed E-state index contributed by atoms with van der Waals surface area (Å²) in [5, 5.41) is 0. The summed E-state index contributed by atoms with van der Waals surface area (Å²) in [6.07, 6.45) is 6.28. The van der Waals surface area contributed by atoms with Crippen LogP contribution < -0.4 is 5.73 Å². The van der Waals surface area contributed by atoms with Gasteiger partial charge in [-0.2, -0.15) is 0 Å². The third-order valence-electron chi connectivity index (χ3n) is 3.03. The van der Waals surface area contributed by atoms with Crippen LogP contribution in [0.3, 0.4) is 0 Å². The molecule has 0 aromatic carbocycles. The molecule has 12 heavy (non-hydrogen) atoms. The molecule has 1 unspecified atom stereocenters. The molecule has 0 saturated heterocycles. The molecule has 0 aromatic heterocycles. The van der Waals surface area contributed by atoms with Gasteiger partial charge in [-0.05, 0) is 18.3 Å². The molecule has 0 fully saturated rings. The maximum Gasteiger partial charge on any atom is 0.00901 e. The molecule has 0 aliphatic rings. The van der Waals surface area contributed by atoms with Crippen molar-refractivity contribution in [2.75, 3.05) is 0 Å². The monoisotopic (exact) mass is 171 g/mol. The van der Waals surface area contributed by atoms with E-state index in [1.165, 1.54) is 32.1 Å². The molecule has 0 spiro atoms. The summed E-state index contributed by atoms with van der Waals surface area (Å²) in [4.78, 5) is 0. The van der Waals surface area contributed by atoms with E-state index in [0.29, 0.717) is 11.5 Å². The van der Waals surface area contributed by atoms with Crippen LogP contribution in [0.2, 0.25) is 0 Å². The van der Waals surface area contributed by atoms with Crippen LogP contribution in [0.4, 0.5) is 0 Å². The normalized spacial score (nSPS) is 14.8. The van der Waals surface area contributed by atoms with Crippen LogP contribution in [0, 0.1) is 5.41 Å². The van der Waals surface area contributed by atoms with E-state index in [1.807, 2.05) is 0 Å². The van der Waals surface area contributed by atoms with E-state index in [4.69, 9.17) is 5.73 Å². The SMILES string of the molecule is CCCCCC(N)C(C)(C)CC. The van der Waals surface area contributed by atoms with E-state index in [2.05, 4.69) is 27.7 Å². The minimum Gasteiger partial charge on any atom is -0.327 e. The third-order valence-corrected chi connectivity index (χ3v) is 3.03. The first-order valence-electron chi connectivity index (χ1n) is 5.30. The quantitative estimate of drug-likeness (QED) is 0.609. The van der Waals surface area contributed by atoms with Crippen molar-refractivity contribution in [1.82, 2.24) is 0 Å². The summed E-state index contributed by atoms with van der Waals surface area (Å²) in [7, 11) is 0. The molecule has 74 valence electrons. The molecule has 0 saturated carbocycles. The Labute approximate surface area is 77.7 Å². The van der Waals surface area contributed by atoms with Crippen LogP contribution in [0.25, 0.3) is 0 Å². The fraction of sp³-hybridized carbons (Fsp3) is 1.00. The third kappa shape index (κ3) is 4.10. The van der Waals surface area contributed by atoms with Gasteiger partial charge in [0.05, 0.1) is 0 Å². The summed E-state index contributed by atoms with van der Waals surface area (Å²) in [6, 6.07) is 0.383. The summed E-state index contributed by atoms with van der Waals surface area (Å²) < 4.78 is 0. The number of hydrogen-bond donors (Lipinski definition) is 1. The van der Waals surface area contributed by atoms with Crippen molar-refractivity contribution in [3.63, 3.8) is 0 Å². The lowest BCUT2D eigenvalue weighted by atomic mass is 9.80. The van der Waals surface area contributed by atoms with Crippen LogP contribution in [-0.4, -0.2) is 6.04 Å². The first-order chi connectivity index (χ1) is 5.54. The van der Waals surface area contributed by atoms with Gasteiger partial charge in [0.15, 0.2) is 0 Å². The van der Waals surface area contributed by atoms with Gasteiger partial charge in [0.1, 0.15) is 0 Å². The van der Waals surface area contributed by atoms with E-state index >= 15 is 0 Å². The van der Waals surface area contributed by atoms with Gasteiger partial charge in [-0.25, -0.2) is 0 Å². The second-order valence-corrected chi connectivity index (χ2v) is 4.44. The van der Waals surface area contributed by atoms with E-state index in [9.17, 15) is 0 Å². The number of unbranched alkanes of at least 4 members (excludes halogenated alkanes) is 2. The Morgan fingerprint density at radius 2 is 1.75 bits per heavy atom. The van der Waals surface area contributed by atoms with Crippen molar-refractivity contribution in [3.05, 3.63) is 0 Å². The van der Waals surface area contributed by atoms with Gasteiger partial charge in [0, 0.05) is 6.04 Å². The zero-order chi connectivity index (χ0) is 9.61. The summed E-state index contributed by atoms with van der Waals surface area (Å²) in [6.45, 7) is 8.99. The highest BCUT2D eigenvalue weighted by Gasteiger charge is 2.23. The van der Waals surface area contributed by atoms with Gasteiger partial charge in [-0.3, -0.25) is 0 Å². The molecule has 0 rings (SSSR count). The molecule has 0 aromatic rings. The number of rotatable bonds is 6. The standard InChI is InChI=1S/C11H25N/c1-5-7-8-9-10(12)11(3,4)6-2/h10H,5-9,12H2,1-4H3. The van der Waals surface area contributed by atoms with Crippen LogP contribution >= 0.6 is 0 Å². The first kappa shape index (κ1) is 12.0. The maximum atomic E-state index is 6.10. The zero-order valence-corrected chi connectivity index (χ0v) is 9.19. The molecule has 1 nitrogen and oxygen atoms in total. The van der Waals surface area contributed by atoms with Gasteiger partial charge < -0.3 is 5.73 Å². The van der Waals surface area contributed by atoms with Gasteiger partial charge >= 0.3 is 0 Å². The molecule has 0 heterocycles. The lowest BCUT2D eigenvalue weighted by Crippen LogP contribution is -2.36. The molecule has 1 atom stereocenters. The molecule has 0 amide bonds. The number of hydrogen-bond acceptors (Lipinski definition) is 1. The van der Waals surface area contributed by atoms with Crippen LogP contribution in [0.15, 0.2) is 0 Å². The highest BCUT2D eigenvalue weighted by atomic mass is 14.7. The van der Waals surface area contributed by atoms with Crippen LogP contribution in [0.5, 0.6) is 0 Å². The Kier molecular flexibility index (Phi) is 5.56. The predicted octanol–water partition coefficient (Wildman–Crippen LogP) is 3.33. The zero-order valence-electron chi connectivity index (χ0n) is 9.19. The second kappa shape index (κ2) is 5.58. The van der Waals surface area contributed by atoms with Gasteiger partial charge in [-0.15, -0.1) is 0 Å². The molecular weight excluding hydrogens is 146 g/mol. The van der Waals surface area contributed by atoms with Gasteiger partial charge in [0.25, 0.3) is 0 Å². The maximum absolute atomic E-state index is 6.10. The lowest BCUT2D eigenvalue weighted by molar-refractivity contribution is 0.258. The Balaban J connectivity index is 3.63. The predicted molar refractivity (Wildman–Crippen MR) is 56.2 cm³/mol. The molecule has 2 N–H and O–H groups in total. The molecule has 0 radical (unpaired) electrons. The minimum absolute atomic E-state index is 0.327. The minimum atomic E-state index is 0.327.